The fraction of sp³-hybridized carbons (Fsp3) is 0.265. The van der Waals surface area contributed by atoms with Crippen molar-refractivity contribution in [2.24, 2.45) is 0 Å². The first-order valence-electron chi connectivity index (χ1n) is 14.2. The Bertz CT molecular complexity index is 2150. The van der Waals surface area contributed by atoms with Crippen LogP contribution in [0.3, 0.4) is 0 Å². The summed E-state index contributed by atoms with van der Waals surface area (Å²) in [6.07, 6.45) is 2.21. The maximum absolute atomic E-state index is 13.5. The van der Waals surface area contributed by atoms with Gasteiger partial charge in [-0.15, -0.1) is 0 Å². The third-order valence-electron chi connectivity index (χ3n) is 7.75. The number of nitrogens with zero attached hydrogens (tertiary/aromatic N) is 2. The average Bonchev–Trinajstić information content (AvgIpc) is 2.95. The van der Waals surface area contributed by atoms with Crippen molar-refractivity contribution >= 4 is 37.6 Å². The molecular formula is C34H32N2O7S. The fourth-order valence-electron chi connectivity index (χ4n) is 5.97. The second-order valence-corrected chi connectivity index (χ2v) is 14.1. The van der Waals surface area contributed by atoms with Gasteiger partial charge < -0.3 is 14.6 Å². The molecule has 0 unspecified atom stereocenters. The molecule has 0 saturated heterocycles. The summed E-state index contributed by atoms with van der Waals surface area (Å²) in [5.74, 6) is -0.455. The second-order valence-electron chi connectivity index (χ2n) is 12.0. The van der Waals surface area contributed by atoms with Gasteiger partial charge >= 0.3 is 5.97 Å². The molecule has 5 aromatic rings. The van der Waals surface area contributed by atoms with Gasteiger partial charge in [0.25, 0.3) is 5.56 Å². The maximum atomic E-state index is 13.5. The molecule has 0 saturated carbocycles. The van der Waals surface area contributed by atoms with E-state index in [2.05, 4.69) is 0 Å². The van der Waals surface area contributed by atoms with E-state index in [0.29, 0.717) is 63.1 Å². The molecule has 0 fully saturated rings. The zero-order valence-electron chi connectivity index (χ0n) is 25.0. The monoisotopic (exact) mass is 612 g/mol. The van der Waals surface area contributed by atoms with E-state index in [1.807, 2.05) is 18.2 Å². The number of carbonyl (C=O) groups is 1. The second kappa shape index (κ2) is 10.6. The van der Waals surface area contributed by atoms with Crippen LogP contribution in [0.1, 0.15) is 43.6 Å². The van der Waals surface area contributed by atoms with Crippen LogP contribution in [0.4, 0.5) is 0 Å². The van der Waals surface area contributed by atoms with E-state index in [9.17, 15) is 23.1 Å². The van der Waals surface area contributed by atoms with Gasteiger partial charge in [0.1, 0.15) is 5.75 Å². The Morgan fingerprint density at radius 2 is 1.86 bits per heavy atom. The number of hydrogen-bond acceptors (Lipinski definition) is 7. The number of aliphatic carboxylic acids is 1. The minimum Gasteiger partial charge on any atom is -0.493 e. The highest BCUT2D eigenvalue weighted by Gasteiger charge is 2.33. The normalized spacial score (nSPS) is 14.0. The van der Waals surface area contributed by atoms with Gasteiger partial charge in [0.15, 0.2) is 15.9 Å². The van der Waals surface area contributed by atoms with E-state index in [0.717, 1.165) is 17.2 Å². The number of hydrogen-bond donors (Lipinski definition) is 1. The first-order chi connectivity index (χ1) is 20.7. The number of rotatable bonds is 6. The smallest absolute Gasteiger partial charge is 0.337 e. The summed E-state index contributed by atoms with van der Waals surface area (Å²) in [4.78, 5) is 31.2. The Morgan fingerprint density at radius 1 is 1.09 bits per heavy atom. The lowest BCUT2D eigenvalue weighted by Gasteiger charge is -2.29. The molecule has 226 valence electrons. The van der Waals surface area contributed by atoms with Crippen molar-refractivity contribution in [3.05, 3.63) is 93.9 Å². The Kier molecular flexibility index (Phi) is 7.09. The topological polar surface area (TPSA) is 125 Å². The van der Waals surface area contributed by atoms with Crippen LogP contribution in [0, 0.1) is 6.92 Å². The molecule has 0 amide bonds. The Morgan fingerprint density at radius 3 is 2.57 bits per heavy atom. The number of carboxylic acid groups (broad SMARTS) is 1. The summed E-state index contributed by atoms with van der Waals surface area (Å²) in [5, 5.41) is 12.0. The number of carboxylic acids is 1. The molecule has 6 rings (SSSR count). The SMILES string of the molecule is Cc1cc2c(ccc(=O)n2-c2cccc(S(C)(=O)=O)c2)c(-c2ccc3c4c(ccnc24)CCO3)c1[C@H](OC(C)(C)C)C(=O)O. The van der Waals surface area contributed by atoms with Crippen LogP contribution in [-0.4, -0.2) is 47.5 Å². The first kappa shape index (κ1) is 29.5. The largest absolute Gasteiger partial charge is 0.493 e. The van der Waals surface area contributed by atoms with Crippen LogP contribution in [0.15, 0.2) is 76.6 Å². The molecule has 44 heavy (non-hydrogen) atoms. The molecule has 3 aromatic carbocycles. The quantitative estimate of drug-likeness (QED) is 0.255. The van der Waals surface area contributed by atoms with Crippen molar-refractivity contribution in [1.82, 2.24) is 9.55 Å². The molecule has 0 aliphatic carbocycles. The number of sulfone groups is 1. The van der Waals surface area contributed by atoms with Crippen LogP contribution >= 0.6 is 0 Å². The number of fused-ring (bicyclic) bond motifs is 1. The number of pyridine rings is 2. The molecule has 9 nitrogen and oxygen atoms in total. The molecule has 0 spiro atoms. The van der Waals surface area contributed by atoms with Crippen molar-refractivity contribution in [2.75, 3.05) is 12.9 Å². The van der Waals surface area contributed by atoms with Crippen molar-refractivity contribution in [3.63, 3.8) is 0 Å². The van der Waals surface area contributed by atoms with E-state index >= 15 is 0 Å². The van der Waals surface area contributed by atoms with Gasteiger partial charge in [0.2, 0.25) is 0 Å². The molecule has 1 aliphatic rings. The molecule has 0 radical (unpaired) electrons. The number of ether oxygens (including phenoxy) is 2. The zero-order chi connectivity index (χ0) is 31.6. The van der Waals surface area contributed by atoms with Crippen LogP contribution in [-0.2, 0) is 25.8 Å². The third-order valence-corrected chi connectivity index (χ3v) is 8.86. The van der Waals surface area contributed by atoms with Gasteiger partial charge in [-0.25, -0.2) is 13.2 Å². The van der Waals surface area contributed by atoms with Gasteiger partial charge in [-0.3, -0.25) is 14.3 Å². The molecule has 0 bridgehead atoms. The third kappa shape index (κ3) is 5.14. The molecule has 1 aliphatic heterocycles. The summed E-state index contributed by atoms with van der Waals surface area (Å²) in [6, 6.07) is 16.7. The van der Waals surface area contributed by atoms with Crippen molar-refractivity contribution < 1.29 is 27.8 Å². The highest BCUT2D eigenvalue weighted by Crippen LogP contribution is 2.45. The summed E-state index contributed by atoms with van der Waals surface area (Å²) in [5.41, 5.74) is 3.65. The minimum absolute atomic E-state index is 0.0738. The van der Waals surface area contributed by atoms with E-state index in [-0.39, 0.29) is 10.5 Å². The van der Waals surface area contributed by atoms with Gasteiger partial charge in [-0.1, -0.05) is 6.07 Å². The van der Waals surface area contributed by atoms with Crippen LogP contribution < -0.4 is 10.3 Å². The van der Waals surface area contributed by atoms with Crippen LogP contribution in [0.5, 0.6) is 5.75 Å². The van der Waals surface area contributed by atoms with Crippen molar-refractivity contribution in [1.29, 1.82) is 0 Å². The van der Waals surface area contributed by atoms with Gasteiger partial charge in [-0.05, 0) is 92.9 Å². The van der Waals surface area contributed by atoms with E-state index in [1.165, 1.54) is 22.8 Å². The maximum Gasteiger partial charge on any atom is 0.337 e. The number of benzene rings is 3. The highest BCUT2D eigenvalue weighted by molar-refractivity contribution is 7.90. The van der Waals surface area contributed by atoms with Crippen molar-refractivity contribution in [3.8, 4) is 22.6 Å². The number of aryl methyl sites for hydroxylation is 1. The molecule has 1 N–H and O–H groups in total. The van der Waals surface area contributed by atoms with Gasteiger partial charge in [0, 0.05) is 46.8 Å². The summed E-state index contributed by atoms with van der Waals surface area (Å²) in [7, 11) is -3.55. The molecule has 10 heteroatoms. The summed E-state index contributed by atoms with van der Waals surface area (Å²) >= 11 is 0. The summed E-state index contributed by atoms with van der Waals surface area (Å²) in [6.45, 7) is 7.73. The lowest BCUT2D eigenvalue weighted by Crippen LogP contribution is -2.28. The average molecular weight is 613 g/mol. The standard InChI is InChI=1S/C34H32N2O7S/c1-19-17-25-23(10-12-27(37)36(25)21-7-6-8-22(18-21)44(5,40)41)30(28(19)32(33(38)39)43-34(2,3)4)24-9-11-26-29-20(14-16-42-26)13-15-35-31(24)29/h6-13,15,17-18,32H,14,16H2,1-5H3,(H,38,39)/t32-/m0/s1. The molecule has 2 aromatic heterocycles. The van der Waals surface area contributed by atoms with Gasteiger partial charge in [0.05, 0.1) is 33.8 Å². The van der Waals surface area contributed by atoms with Crippen molar-refractivity contribution in [2.45, 2.75) is 50.7 Å². The number of aromatic nitrogens is 2. The predicted molar refractivity (Wildman–Crippen MR) is 169 cm³/mol. The molecule has 3 heterocycles. The Labute approximate surface area is 254 Å². The predicted octanol–water partition coefficient (Wildman–Crippen LogP) is 5.79. The van der Waals surface area contributed by atoms with E-state index in [4.69, 9.17) is 14.5 Å². The first-order valence-corrected chi connectivity index (χ1v) is 16.1. The fourth-order valence-corrected chi connectivity index (χ4v) is 6.63. The lowest BCUT2D eigenvalue weighted by atomic mass is 9.86. The molecule has 1 atom stereocenters. The lowest BCUT2D eigenvalue weighted by molar-refractivity contribution is -0.160. The zero-order valence-corrected chi connectivity index (χ0v) is 25.9. The Balaban J connectivity index is 1.78. The van der Waals surface area contributed by atoms with Gasteiger partial charge in [-0.2, -0.15) is 0 Å². The van der Waals surface area contributed by atoms with Crippen LogP contribution in [0.2, 0.25) is 0 Å². The molecular weight excluding hydrogens is 580 g/mol. The highest BCUT2D eigenvalue weighted by atomic mass is 32.2. The van der Waals surface area contributed by atoms with E-state index < -0.39 is 27.5 Å². The van der Waals surface area contributed by atoms with E-state index in [1.54, 1.807) is 58.2 Å². The van der Waals surface area contributed by atoms with Crippen LogP contribution in [0.25, 0.3) is 38.6 Å². The minimum atomic E-state index is -3.55. The summed E-state index contributed by atoms with van der Waals surface area (Å²) < 4.78 is 38.4. The Hall–Kier alpha value is -4.54.